The predicted molar refractivity (Wildman–Crippen MR) is 55.8 cm³/mol. The van der Waals surface area contributed by atoms with Gasteiger partial charge >= 0.3 is 6.20 Å². The summed E-state index contributed by atoms with van der Waals surface area (Å²) in [6, 6.07) is 8.84. The highest BCUT2D eigenvalue weighted by Crippen LogP contribution is 2.08. The number of benzene rings is 1. The summed E-state index contributed by atoms with van der Waals surface area (Å²) in [5.74, 6) is -0.157. The van der Waals surface area contributed by atoms with Crippen molar-refractivity contribution in [1.82, 2.24) is 0 Å². The van der Waals surface area contributed by atoms with Crippen LogP contribution in [-0.2, 0) is 0 Å². The van der Waals surface area contributed by atoms with E-state index in [0.29, 0.717) is 5.56 Å². The van der Waals surface area contributed by atoms with Crippen LogP contribution in [-0.4, -0.2) is 10.9 Å². The zero-order valence-corrected chi connectivity index (χ0v) is 8.13. The molecule has 15 heavy (non-hydrogen) atoms. The first-order valence-electron chi connectivity index (χ1n) is 4.54. The quantitative estimate of drug-likeness (QED) is 0.464. The van der Waals surface area contributed by atoms with E-state index in [4.69, 9.17) is 10.5 Å². The molecule has 0 aliphatic heterocycles. The Morgan fingerprint density at radius 2 is 2.00 bits per heavy atom. The maximum atomic E-state index is 11.5. The van der Waals surface area contributed by atoms with E-state index in [2.05, 4.69) is 4.98 Å². The predicted octanol–water partition coefficient (Wildman–Crippen LogP) is 2.90. The highest BCUT2D eigenvalue weighted by molar-refractivity contribution is 5.96. The second-order valence-electron chi connectivity index (χ2n) is 3.03. The first-order valence-corrected chi connectivity index (χ1v) is 4.54. The molecule has 0 radical (unpaired) electrons. The molecular formula is C11H11N2O2+. The fourth-order valence-electron chi connectivity index (χ4n) is 1.14. The monoisotopic (exact) mass is 203 g/mol. The lowest BCUT2D eigenvalue weighted by atomic mass is 10.1. The average Bonchev–Trinajstić information content (AvgIpc) is 2.27. The van der Waals surface area contributed by atoms with E-state index in [0.717, 1.165) is 6.20 Å². The molecule has 0 amide bonds. The summed E-state index contributed by atoms with van der Waals surface area (Å²) in [7, 11) is 0. The number of rotatable bonds is 4. The van der Waals surface area contributed by atoms with Gasteiger partial charge in [0.2, 0.25) is 5.39 Å². The Hall–Kier alpha value is -2.15. The fourth-order valence-corrected chi connectivity index (χ4v) is 1.14. The van der Waals surface area contributed by atoms with Crippen molar-refractivity contribution in [3.8, 4) is 0 Å². The van der Waals surface area contributed by atoms with E-state index in [1.54, 1.807) is 24.3 Å². The van der Waals surface area contributed by atoms with Crippen LogP contribution in [0.25, 0.3) is 4.98 Å². The van der Waals surface area contributed by atoms with E-state index >= 15 is 0 Å². The number of hydrogen-bond donors (Lipinski definition) is 1. The van der Waals surface area contributed by atoms with Crippen LogP contribution in [0, 0.1) is 5.39 Å². The molecule has 0 aliphatic carbocycles. The topological polar surface area (TPSA) is 65.4 Å². The Bertz CT molecular complexity index is 404. The van der Waals surface area contributed by atoms with Crippen LogP contribution in [0.1, 0.15) is 23.2 Å². The molecule has 76 valence electrons. The molecule has 1 aromatic carbocycles. The van der Waals surface area contributed by atoms with Crippen LogP contribution >= 0.6 is 0 Å². The number of aliphatic hydroxyl groups excluding tert-OH is 1. The third kappa shape index (κ3) is 3.61. The number of aliphatic hydroxyl groups is 1. The molecule has 1 N–H and O–H groups in total. The average molecular weight is 203 g/mol. The van der Waals surface area contributed by atoms with Crippen molar-refractivity contribution < 1.29 is 9.90 Å². The lowest BCUT2D eigenvalue weighted by Gasteiger charge is -1.98. The summed E-state index contributed by atoms with van der Waals surface area (Å²) >= 11 is 0. The van der Waals surface area contributed by atoms with Gasteiger partial charge in [-0.3, -0.25) is 4.79 Å². The number of ketones is 1. The SMILES string of the molecule is N#[N+]/C=C(\O)CCC(=O)c1ccccc1. The van der Waals surface area contributed by atoms with Gasteiger partial charge in [-0.2, -0.15) is 0 Å². The number of diazo groups is 1. The van der Waals surface area contributed by atoms with E-state index in [9.17, 15) is 4.79 Å². The van der Waals surface area contributed by atoms with Gasteiger partial charge in [0.05, 0.1) is 0 Å². The van der Waals surface area contributed by atoms with Crippen LogP contribution in [0.2, 0.25) is 0 Å². The first kappa shape index (κ1) is 10.9. The molecule has 0 unspecified atom stereocenters. The van der Waals surface area contributed by atoms with Gasteiger partial charge < -0.3 is 5.11 Å². The van der Waals surface area contributed by atoms with Crippen molar-refractivity contribution in [1.29, 1.82) is 5.39 Å². The highest BCUT2D eigenvalue weighted by Gasteiger charge is 2.07. The van der Waals surface area contributed by atoms with Crippen molar-refractivity contribution in [2.45, 2.75) is 12.8 Å². The molecule has 1 rings (SSSR count). The van der Waals surface area contributed by atoms with Crippen molar-refractivity contribution in [3.63, 3.8) is 0 Å². The normalized spacial score (nSPS) is 10.7. The maximum absolute atomic E-state index is 11.5. The Balaban J connectivity index is 2.52. The molecule has 0 fully saturated rings. The van der Waals surface area contributed by atoms with Gasteiger partial charge in [0.1, 0.15) is 0 Å². The lowest BCUT2D eigenvalue weighted by Crippen LogP contribution is -1.99. The molecule has 0 aromatic heterocycles. The maximum Gasteiger partial charge on any atom is 0.387 e. The van der Waals surface area contributed by atoms with Crippen LogP contribution in [0.5, 0.6) is 0 Å². The molecule has 4 heteroatoms. The van der Waals surface area contributed by atoms with Crippen LogP contribution < -0.4 is 0 Å². The second kappa shape index (κ2) is 5.55. The van der Waals surface area contributed by atoms with Crippen LogP contribution in [0.4, 0.5) is 0 Å². The number of allylic oxidation sites excluding steroid dienone is 1. The summed E-state index contributed by atoms with van der Waals surface area (Å²) in [6.45, 7) is 0. The zero-order chi connectivity index (χ0) is 11.1. The van der Waals surface area contributed by atoms with E-state index in [1.807, 2.05) is 6.07 Å². The molecule has 4 nitrogen and oxygen atoms in total. The number of hydrogen-bond acceptors (Lipinski definition) is 3. The minimum atomic E-state index is -0.109. The minimum Gasteiger partial charge on any atom is -0.505 e. The highest BCUT2D eigenvalue weighted by atomic mass is 16.3. The van der Waals surface area contributed by atoms with Crippen LogP contribution in [0.15, 0.2) is 42.3 Å². The summed E-state index contributed by atoms with van der Waals surface area (Å²) < 4.78 is 0. The number of carbonyl (C=O) groups excluding carboxylic acids is 1. The Morgan fingerprint density at radius 1 is 1.33 bits per heavy atom. The smallest absolute Gasteiger partial charge is 0.387 e. The van der Waals surface area contributed by atoms with Gasteiger partial charge in [-0.1, -0.05) is 30.3 Å². The van der Waals surface area contributed by atoms with E-state index in [1.165, 1.54) is 0 Å². The molecule has 0 atom stereocenters. The summed E-state index contributed by atoms with van der Waals surface area (Å²) in [5.41, 5.74) is 0.617. The fraction of sp³-hybridized carbons (Fsp3) is 0.182. The molecular weight excluding hydrogens is 192 g/mol. The minimum absolute atomic E-state index is 0.0477. The molecule has 0 heterocycles. The third-order valence-electron chi connectivity index (χ3n) is 1.91. The second-order valence-corrected chi connectivity index (χ2v) is 3.03. The van der Waals surface area contributed by atoms with Gasteiger partial charge in [0.15, 0.2) is 16.5 Å². The van der Waals surface area contributed by atoms with Crippen molar-refractivity contribution in [2.24, 2.45) is 0 Å². The third-order valence-corrected chi connectivity index (χ3v) is 1.91. The van der Waals surface area contributed by atoms with Crippen molar-refractivity contribution in [3.05, 3.63) is 52.8 Å². The molecule has 1 aromatic rings. The Kier molecular flexibility index (Phi) is 4.05. The van der Waals surface area contributed by atoms with E-state index < -0.39 is 0 Å². The zero-order valence-electron chi connectivity index (χ0n) is 8.13. The summed E-state index contributed by atoms with van der Waals surface area (Å²) in [6.07, 6.45) is 1.29. The Morgan fingerprint density at radius 3 is 2.60 bits per heavy atom. The molecule has 0 saturated heterocycles. The summed E-state index contributed by atoms with van der Waals surface area (Å²) in [5, 5.41) is 17.2. The van der Waals surface area contributed by atoms with Gasteiger partial charge in [-0.05, 0) is 0 Å². The van der Waals surface area contributed by atoms with Gasteiger partial charge in [-0.25, -0.2) is 0 Å². The first-order chi connectivity index (χ1) is 7.24. The van der Waals surface area contributed by atoms with Crippen molar-refractivity contribution >= 4 is 5.78 Å². The molecule has 0 saturated carbocycles. The van der Waals surface area contributed by atoms with Crippen molar-refractivity contribution in [2.75, 3.05) is 0 Å². The number of carbonyl (C=O) groups is 1. The molecule has 0 aliphatic rings. The summed E-state index contributed by atoms with van der Waals surface area (Å²) in [4.78, 5) is 14.2. The standard InChI is InChI=1S/C11H10N2O2/c12-13-8-10(14)6-7-11(15)9-4-2-1-3-5-9/h1-5,8H,6-7H2/p+1/b10-8-. The van der Waals surface area contributed by atoms with Gasteiger partial charge in [0, 0.05) is 18.4 Å². The van der Waals surface area contributed by atoms with E-state index in [-0.39, 0.29) is 24.4 Å². The number of nitrogens with zero attached hydrogens (tertiary/aromatic N) is 2. The Labute approximate surface area is 87.5 Å². The number of Topliss-reactive ketones (excluding diaryl/α,β-unsaturated/α-hetero) is 1. The van der Waals surface area contributed by atoms with Gasteiger partial charge in [0.25, 0.3) is 0 Å². The van der Waals surface area contributed by atoms with Crippen LogP contribution in [0.3, 0.4) is 0 Å². The lowest BCUT2D eigenvalue weighted by molar-refractivity contribution is 0.0978. The largest absolute Gasteiger partial charge is 0.505 e. The molecule has 0 bridgehead atoms. The molecule has 0 spiro atoms. The van der Waals surface area contributed by atoms with Gasteiger partial charge in [-0.15, -0.1) is 0 Å².